The summed E-state index contributed by atoms with van der Waals surface area (Å²) < 4.78 is 5.46. The fraction of sp³-hybridized carbons (Fsp3) is 0.654. The van der Waals surface area contributed by atoms with Crippen LogP contribution in [0.2, 0.25) is 0 Å². The van der Waals surface area contributed by atoms with Gasteiger partial charge in [0.2, 0.25) is 5.91 Å². The van der Waals surface area contributed by atoms with E-state index in [1.165, 1.54) is 0 Å². The molecule has 4 rings (SSSR count). The molecule has 2 N–H and O–H groups in total. The van der Waals surface area contributed by atoms with E-state index in [2.05, 4.69) is 15.5 Å². The molecule has 34 heavy (non-hydrogen) atoms. The summed E-state index contributed by atoms with van der Waals surface area (Å²) in [6.45, 7) is 8.76. The Morgan fingerprint density at radius 3 is 2.47 bits per heavy atom. The lowest BCUT2D eigenvalue weighted by molar-refractivity contribution is -0.136. The molecule has 0 spiro atoms. The van der Waals surface area contributed by atoms with Crippen molar-refractivity contribution in [1.82, 2.24) is 10.2 Å². The van der Waals surface area contributed by atoms with Crippen LogP contribution in [0, 0.1) is 11.8 Å². The van der Waals surface area contributed by atoms with E-state index in [1.54, 1.807) is 11.0 Å². The summed E-state index contributed by atoms with van der Waals surface area (Å²) in [7, 11) is 0. The molecule has 186 valence electrons. The van der Waals surface area contributed by atoms with Crippen LogP contribution < -0.4 is 15.5 Å². The molecule has 8 nitrogen and oxygen atoms in total. The maximum Gasteiger partial charge on any atom is 0.313 e. The molecule has 0 bridgehead atoms. The number of piperidine rings is 1. The molecule has 3 amide bonds. The minimum atomic E-state index is -0.669. The third-order valence-electron chi connectivity index (χ3n) is 7.34. The Labute approximate surface area is 202 Å². The van der Waals surface area contributed by atoms with Gasteiger partial charge in [0.15, 0.2) is 0 Å². The number of likely N-dealkylation sites (tertiary alicyclic amines) is 1. The van der Waals surface area contributed by atoms with E-state index in [0.29, 0.717) is 30.7 Å². The Kier molecular flexibility index (Phi) is 8.21. The Morgan fingerprint density at radius 1 is 1.03 bits per heavy atom. The quantitative estimate of drug-likeness (QED) is 0.646. The monoisotopic (exact) mass is 470 g/mol. The Morgan fingerprint density at radius 2 is 1.76 bits per heavy atom. The SMILES string of the molecule is CC(C)C(=O)N1CCCc2ccc(NC(=O)C(=O)NCC3CCN(C4CCOCC4)CC3)cc21. The smallest absolute Gasteiger partial charge is 0.313 e. The fourth-order valence-electron chi connectivity index (χ4n) is 5.27. The number of fused-ring (bicyclic) bond motifs is 1. The number of carbonyl (C=O) groups excluding carboxylic acids is 3. The van der Waals surface area contributed by atoms with Gasteiger partial charge in [0, 0.05) is 49.6 Å². The lowest BCUT2D eigenvalue weighted by atomic mass is 9.94. The van der Waals surface area contributed by atoms with Crippen molar-refractivity contribution in [3.8, 4) is 0 Å². The molecular formula is C26H38N4O4. The first-order chi connectivity index (χ1) is 16.4. The van der Waals surface area contributed by atoms with Gasteiger partial charge in [-0.1, -0.05) is 19.9 Å². The van der Waals surface area contributed by atoms with Crippen molar-refractivity contribution in [2.24, 2.45) is 11.8 Å². The number of nitrogens with one attached hydrogen (secondary N) is 2. The molecule has 2 saturated heterocycles. The van der Waals surface area contributed by atoms with Crippen molar-refractivity contribution in [2.45, 2.75) is 58.4 Å². The standard InChI is InChI=1S/C26H38N4O4/c1-18(2)26(33)30-11-3-4-20-5-6-21(16-23(20)30)28-25(32)24(31)27-17-19-7-12-29(13-8-19)22-9-14-34-15-10-22/h5-6,16,18-19,22H,3-4,7-15,17H2,1-2H3,(H,27,31)(H,28,32). The van der Waals surface area contributed by atoms with Crippen LogP contribution in [0.1, 0.15) is 51.5 Å². The summed E-state index contributed by atoms with van der Waals surface area (Å²) >= 11 is 0. The molecule has 0 aliphatic carbocycles. The van der Waals surface area contributed by atoms with Crippen LogP contribution in [0.25, 0.3) is 0 Å². The number of nitrogens with zero attached hydrogens (tertiary/aromatic N) is 2. The second-order valence-corrected chi connectivity index (χ2v) is 10.1. The van der Waals surface area contributed by atoms with E-state index in [1.807, 2.05) is 26.0 Å². The van der Waals surface area contributed by atoms with Gasteiger partial charge in [-0.3, -0.25) is 14.4 Å². The van der Waals surface area contributed by atoms with Gasteiger partial charge in [0.25, 0.3) is 0 Å². The van der Waals surface area contributed by atoms with Gasteiger partial charge in [-0.05, 0) is 75.2 Å². The zero-order valence-corrected chi connectivity index (χ0v) is 20.5. The van der Waals surface area contributed by atoms with E-state index in [-0.39, 0.29) is 11.8 Å². The van der Waals surface area contributed by atoms with Crippen LogP contribution in [-0.2, 0) is 25.5 Å². The number of benzene rings is 1. The largest absolute Gasteiger partial charge is 0.381 e. The zero-order chi connectivity index (χ0) is 24.1. The third-order valence-corrected chi connectivity index (χ3v) is 7.34. The number of rotatable bonds is 5. The van der Waals surface area contributed by atoms with Crippen molar-refractivity contribution in [3.05, 3.63) is 23.8 Å². The Hall–Kier alpha value is -2.45. The first-order valence-corrected chi connectivity index (χ1v) is 12.8. The minimum absolute atomic E-state index is 0.0741. The number of aryl methyl sites for hydroxylation is 1. The van der Waals surface area contributed by atoms with Gasteiger partial charge in [-0.15, -0.1) is 0 Å². The molecule has 1 aromatic carbocycles. The van der Waals surface area contributed by atoms with Gasteiger partial charge in [0.05, 0.1) is 0 Å². The highest BCUT2D eigenvalue weighted by atomic mass is 16.5. The summed E-state index contributed by atoms with van der Waals surface area (Å²) in [5, 5.41) is 5.53. The average Bonchev–Trinajstić information content (AvgIpc) is 2.87. The zero-order valence-electron chi connectivity index (χ0n) is 20.5. The maximum absolute atomic E-state index is 12.6. The van der Waals surface area contributed by atoms with Gasteiger partial charge >= 0.3 is 11.8 Å². The minimum Gasteiger partial charge on any atom is -0.381 e. The second kappa shape index (κ2) is 11.3. The number of amides is 3. The molecule has 0 atom stereocenters. The Bertz CT molecular complexity index is 889. The van der Waals surface area contributed by atoms with E-state index in [0.717, 1.165) is 76.1 Å². The summed E-state index contributed by atoms with van der Waals surface area (Å²) in [6, 6.07) is 6.18. The van der Waals surface area contributed by atoms with Crippen molar-refractivity contribution in [1.29, 1.82) is 0 Å². The molecule has 0 radical (unpaired) electrons. The van der Waals surface area contributed by atoms with E-state index in [9.17, 15) is 14.4 Å². The van der Waals surface area contributed by atoms with E-state index < -0.39 is 11.8 Å². The van der Waals surface area contributed by atoms with Gasteiger partial charge in [-0.2, -0.15) is 0 Å². The van der Waals surface area contributed by atoms with Crippen molar-refractivity contribution >= 4 is 29.1 Å². The predicted octanol–water partition coefficient (Wildman–Crippen LogP) is 2.57. The number of hydrogen-bond donors (Lipinski definition) is 2. The highest BCUT2D eigenvalue weighted by Gasteiger charge is 2.28. The molecule has 0 unspecified atom stereocenters. The molecule has 3 heterocycles. The van der Waals surface area contributed by atoms with Gasteiger partial charge < -0.3 is 25.2 Å². The van der Waals surface area contributed by atoms with Crippen molar-refractivity contribution in [3.63, 3.8) is 0 Å². The molecule has 3 aliphatic rings. The van der Waals surface area contributed by atoms with E-state index in [4.69, 9.17) is 4.74 Å². The lowest BCUT2D eigenvalue weighted by Crippen LogP contribution is -2.46. The number of hydrogen-bond acceptors (Lipinski definition) is 5. The van der Waals surface area contributed by atoms with Crippen molar-refractivity contribution < 1.29 is 19.1 Å². The topological polar surface area (TPSA) is 91.0 Å². The molecular weight excluding hydrogens is 432 g/mol. The number of carbonyl (C=O) groups is 3. The third kappa shape index (κ3) is 5.96. The normalized spacial score (nSPS) is 20.1. The summed E-state index contributed by atoms with van der Waals surface area (Å²) in [5.41, 5.74) is 2.46. The summed E-state index contributed by atoms with van der Waals surface area (Å²) in [6.07, 6.45) is 6.10. The lowest BCUT2D eigenvalue weighted by Gasteiger charge is -2.39. The van der Waals surface area contributed by atoms with Crippen LogP contribution in [0.5, 0.6) is 0 Å². The molecule has 8 heteroatoms. The Balaban J connectivity index is 1.26. The van der Waals surface area contributed by atoms with Crippen molar-refractivity contribution in [2.75, 3.05) is 49.6 Å². The highest BCUT2D eigenvalue weighted by molar-refractivity contribution is 6.39. The van der Waals surface area contributed by atoms with Crippen LogP contribution >= 0.6 is 0 Å². The van der Waals surface area contributed by atoms with Crippen LogP contribution in [0.4, 0.5) is 11.4 Å². The average molecular weight is 471 g/mol. The molecule has 3 aliphatic heterocycles. The fourth-order valence-corrected chi connectivity index (χ4v) is 5.27. The van der Waals surface area contributed by atoms with Gasteiger partial charge in [0.1, 0.15) is 0 Å². The first-order valence-electron chi connectivity index (χ1n) is 12.8. The van der Waals surface area contributed by atoms with Crippen LogP contribution in [-0.4, -0.2) is 68.1 Å². The molecule has 0 aromatic heterocycles. The second-order valence-electron chi connectivity index (χ2n) is 10.1. The first kappa shape index (κ1) is 24.7. The van der Waals surface area contributed by atoms with E-state index >= 15 is 0 Å². The van der Waals surface area contributed by atoms with Gasteiger partial charge in [-0.25, -0.2) is 0 Å². The predicted molar refractivity (Wildman–Crippen MR) is 132 cm³/mol. The molecule has 0 saturated carbocycles. The number of ether oxygens (including phenoxy) is 1. The number of anilines is 2. The summed E-state index contributed by atoms with van der Waals surface area (Å²) in [5.74, 6) is -0.910. The summed E-state index contributed by atoms with van der Waals surface area (Å²) in [4.78, 5) is 41.9. The molecule has 1 aromatic rings. The van der Waals surface area contributed by atoms with Crippen LogP contribution in [0.15, 0.2) is 18.2 Å². The maximum atomic E-state index is 12.6. The van der Waals surface area contributed by atoms with Crippen LogP contribution in [0.3, 0.4) is 0 Å². The molecule has 2 fully saturated rings. The highest BCUT2D eigenvalue weighted by Crippen LogP contribution is 2.31.